The van der Waals surface area contributed by atoms with Crippen molar-refractivity contribution in [3.63, 3.8) is 0 Å². The number of hydrogen-bond donors (Lipinski definition) is 0. The van der Waals surface area contributed by atoms with Crippen LogP contribution in [0.3, 0.4) is 0 Å². The van der Waals surface area contributed by atoms with E-state index in [4.69, 9.17) is 18.6 Å². The molecule has 3 heterocycles. The highest BCUT2D eigenvalue weighted by Crippen LogP contribution is 2.38. The number of hydrogen-bond acceptors (Lipinski definition) is 8. The number of thiophene rings is 1. The molecule has 9 heteroatoms. The monoisotopic (exact) mass is 490 g/mol. The number of nitrogens with zero attached hydrogens (tertiary/aromatic N) is 2. The average Bonchev–Trinajstić information content (AvgIpc) is 3.57. The van der Waals surface area contributed by atoms with Crippen LogP contribution >= 0.6 is 11.3 Å². The van der Waals surface area contributed by atoms with Gasteiger partial charge in [-0.15, -0.1) is 11.3 Å². The second kappa shape index (κ2) is 9.63. The molecule has 1 amide bonds. The fourth-order valence-corrected chi connectivity index (χ4v) is 4.71. The number of ether oxygens (including phenoxy) is 3. The van der Waals surface area contributed by atoms with Crippen molar-refractivity contribution >= 4 is 33.9 Å². The van der Waals surface area contributed by atoms with Crippen molar-refractivity contribution in [1.29, 1.82) is 0 Å². The average molecular weight is 491 g/mol. The molecule has 178 valence electrons. The molecule has 0 saturated heterocycles. The minimum atomic E-state index is -0.448. The molecule has 4 aromatic rings. The molecule has 2 aromatic carbocycles. The number of carbonyl (C=O) groups is 1. The zero-order chi connectivity index (χ0) is 24.4. The Morgan fingerprint density at radius 1 is 1.09 bits per heavy atom. The first kappa shape index (κ1) is 22.7. The lowest BCUT2D eigenvalue weighted by Crippen LogP contribution is -2.31. The summed E-state index contributed by atoms with van der Waals surface area (Å²) in [6.45, 7) is -0.229. The number of benzene rings is 2. The molecule has 5 rings (SSSR count). The van der Waals surface area contributed by atoms with Gasteiger partial charge in [0.15, 0.2) is 18.1 Å². The number of carbonyl (C=O) groups excluding carboxylic acids is 1. The van der Waals surface area contributed by atoms with E-state index >= 15 is 0 Å². The van der Waals surface area contributed by atoms with Gasteiger partial charge in [0.1, 0.15) is 11.3 Å². The standard InChI is InChI=1S/C26H22N2O6S/c1-31-21-9-6-17(12-23(21)32-2)20-14-19(24-4-3-11-35-24)27-28(20)25(29)15-33-18-8-5-16-7-10-26(30)34-22(16)13-18/h3-13,20H,14-15H2,1-2H3/t20-/m0/s1. The topological polar surface area (TPSA) is 90.6 Å². The molecule has 0 spiro atoms. The van der Waals surface area contributed by atoms with Crippen molar-refractivity contribution in [2.75, 3.05) is 20.8 Å². The molecule has 8 nitrogen and oxygen atoms in total. The highest BCUT2D eigenvalue weighted by atomic mass is 32.1. The van der Waals surface area contributed by atoms with Crippen molar-refractivity contribution in [3.8, 4) is 17.2 Å². The van der Waals surface area contributed by atoms with Gasteiger partial charge >= 0.3 is 5.63 Å². The number of fused-ring (bicyclic) bond motifs is 1. The Balaban J connectivity index is 1.40. The van der Waals surface area contributed by atoms with Gasteiger partial charge < -0.3 is 18.6 Å². The van der Waals surface area contributed by atoms with Crippen molar-refractivity contribution in [1.82, 2.24) is 5.01 Å². The van der Waals surface area contributed by atoms with E-state index in [1.807, 2.05) is 35.7 Å². The molecule has 0 bridgehead atoms. The van der Waals surface area contributed by atoms with Gasteiger partial charge in [-0.05, 0) is 47.3 Å². The molecule has 1 aliphatic rings. The lowest BCUT2D eigenvalue weighted by Gasteiger charge is -2.23. The normalized spacial score (nSPS) is 15.2. The summed E-state index contributed by atoms with van der Waals surface area (Å²) in [6.07, 6.45) is 0.558. The predicted octanol–water partition coefficient (Wildman–Crippen LogP) is 4.63. The van der Waals surface area contributed by atoms with Crippen LogP contribution in [0.4, 0.5) is 0 Å². The number of hydrazone groups is 1. The molecular weight excluding hydrogens is 468 g/mol. The van der Waals surface area contributed by atoms with E-state index in [0.29, 0.717) is 29.3 Å². The third-order valence-electron chi connectivity index (χ3n) is 5.72. The lowest BCUT2D eigenvalue weighted by atomic mass is 10.0. The first-order chi connectivity index (χ1) is 17.1. The summed E-state index contributed by atoms with van der Waals surface area (Å²) in [5.74, 6) is 1.31. The van der Waals surface area contributed by atoms with E-state index < -0.39 is 5.63 Å². The molecule has 0 radical (unpaired) electrons. The highest BCUT2D eigenvalue weighted by Gasteiger charge is 2.34. The minimum Gasteiger partial charge on any atom is -0.493 e. The minimum absolute atomic E-state index is 0.229. The maximum absolute atomic E-state index is 13.3. The van der Waals surface area contributed by atoms with Crippen molar-refractivity contribution in [2.24, 2.45) is 5.10 Å². The van der Waals surface area contributed by atoms with Gasteiger partial charge in [0, 0.05) is 23.9 Å². The smallest absolute Gasteiger partial charge is 0.336 e. The van der Waals surface area contributed by atoms with Crippen molar-refractivity contribution < 1.29 is 23.4 Å². The Bertz CT molecular complexity index is 1460. The maximum Gasteiger partial charge on any atom is 0.336 e. The lowest BCUT2D eigenvalue weighted by molar-refractivity contribution is -0.135. The van der Waals surface area contributed by atoms with Crippen LogP contribution in [0.2, 0.25) is 0 Å². The second-order valence-electron chi connectivity index (χ2n) is 7.84. The maximum atomic E-state index is 13.3. The summed E-state index contributed by atoms with van der Waals surface area (Å²) in [6, 6.07) is 17.3. The van der Waals surface area contributed by atoms with Crippen molar-refractivity contribution in [2.45, 2.75) is 12.5 Å². The van der Waals surface area contributed by atoms with Crippen LogP contribution in [0.5, 0.6) is 17.2 Å². The molecule has 0 saturated carbocycles. The Labute approximate surface area is 205 Å². The molecule has 1 aliphatic heterocycles. The Kier molecular flexibility index (Phi) is 6.24. The third-order valence-corrected chi connectivity index (χ3v) is 6.64. The van der Waals surface area contributed by atoms with Gasteiger partial charge in [-0.25, -0.2) is 9.80 Å². The van der Waals surface area contributed by atoms with E-state index in [2.05, 4.69) is 5.10 Å². The summed E-state index contributed by atoms with van der Waals surface area (Å²) in [5.41, 5.74) is 1.65. The first-order valence-electron chi connectivity index (χ1n) is 10.9. The van der Waals surface area contributed by atoms with Gasteiger partial charge in [0.05, 0.1) is 30.9 Å². The summed E-state index contributed by atoms with van der Waals surface area (Å²) in [7, 11) is 3.16. The van der Waals surface area contributed by atoms with Crippen LogP contribution in [0.1, 0.15) is 22.9 Å². The van der Waals surface area contributed by atoms with Crippen LogP contribution in [-0.2, 0) is 4.79 Å². The Morgan fingerprint density at radius 3 is 2.69 bits per heavy atom. The first-order valence-corrected chi connectivity index (χ1v) is 11.8. The van der Waals surface area contributed by atoms with E-state index in [0.717, 1.165) is 21.5 Å². The molecule has 0 aliphatic carbocycles. The molecule has 35 heavy (non-hydrogen) atoms. The number of amides is 1. The predicted molar refractivity (Wildman–Crippen MR) is 133 cm³/mol. The molecule has 0 fully saturated rings. The van der Waals surface area contributed by atoms with Crippen LogP contribution in [0.25, 0.3) is 11.0 Å². The van der Waals surface area contributed by atoms with Gasteiger partial charge in [-0.3, -0.25) is 4.79 Å². The highest BCUT2D eigenvalue weighted by molar-refractivity contribution is 7.12. The fraction of sp³-hybridized carbons (Fsp3) is 0.192. The Morgan fingerprint density at radius 2 is 1.91 bits per heavy atom. The summed E-state index contributed by atoms with van der Waals surface area (Å²) in [5, 5.41) is 8.88. The molecule has 1 atom stereocenters. The summed E-state index contributed by atoms with van der Waals surface area (Å²) < 4.78 is 21.8. The second-order valence-corrected chi connectivity index (χ2v) is 8.79. The molecule has 0 N–H and O–H groups in total. The summed E-state index contributed by atoms with van der Waals surface area (Å²) in [4.78, 5) is 25.8. The zero-order valence-corrected chi connectivity index (χ0v) is 19.9. The van der Waals surface area contributed by atoms with E-state index in [9.17, 15) is 9.59 Å². The fourth-order valence-electron chi connectivity index (χ4n) is 3.99. The van der Waals surface area contributed by atoms with E-state index in [1.165, 1.54) is 11.1 Å². The van der Waals surface area contributed by atoms with E-state index in [1.54, 1.807) is 49.8 Å². The van der Waals surface area contributed by atoms with Crippen molar-refractivity contribution in [3.05, 3.63) is 86.9 Å². The van der Waals surface area contributed by atoms with Crippen LogP contribution in [0.15, 0.2) is 80.4 Å². The molecule has 0 unspecified atom stereocenters. The van der Waals surface area contributed by atoms with Gasteiger partial charge in [-0.1, -0.05) is 12.1 Å². The third kappa shape index (κ3) is 4.63. The Hall–Kier alpha value is -4.11. The number of methoxy groups -OCH3 is 2. The summed E-state index contributed by atoms with van der Waals surface area (Å²) >= 11 is 1.58. The van der Waals surface area contributed by atoms with Crippen LogP contribution in [0, 0.1) is 0 Å². The van der Waals surface area contributed by atoms with Crippen LogP contribution < -0.4 is 19.8 Å². The molecular formula is C26H22N2O6S. The van der Waals surface area contributed by atoms with Gasteiger partial charge in [-0.2, -0.15) is 5.10 Å². The van der Waals surface area contributed by atoms with Gasteiger partial charge in [0.25, 0.3) is 5.91 Å². The number of rotatable bonds is 7. The van der Waals surface area contributed by atoms with Crippen LogP contribution in [-0.4, -0.2) is 37.5 Å². The largest absolute Gasteiger partial charge is 0.493 e. The molecule has 2 aromatic heterocycles. The van der Waals surface area contributed by atoms with E-state index in [-0.39, 0.29) is 18.6 Å². The van der Waals surface area contributed by atoms with Gasteiger partial charge in [0.2, 0.25) is 0 Å². The SMILES string of the molecule is COc1ccc([C@@H]2CC(c3cccs3)=NN2C(=O)COc2ccc3ccc(=O)oc3c2)cc1OC. The zero-order valence-electron chi connectivity index (χ0n) is 19.1. The quantitative estimate of drug-likeness (QED) is 0.351.